The van der Waals surface area contributed by atoms with Gasteiger partial charge in [0.25, 0.3) is 0 Å². The van der Waals surface area contributed by atoms with Crippen molar-refractivity contribution in [2.45, 2.75) is 40.2 Å². The van der Waals surface area contributed by atoms with E-state index < -0.39 is 0 Å². The van der Waals surface area contributed by atoms with Crippen LogP contribution in [0.25, 0.3) is 11.0 Å². The molecule has 0 aliphatic heterocycles. The Kier molecular flexibility index (Phi) is 3.54. The molecule has 0 saturated carbocycles. The molecule has 0 atom stereocenters. The molecule has 4 nitrogen and oxygen atoms in total. The van der Waals surface area contributed by atoms with Crippen molar-refractivity contribution in [1.29, 1.82) is 0 Å². The molecule has 19 heavy (non-hydrogen) atoms. The summed E-state index contributed by atoms with van der Waals surface area (Å²) in [5, 5.41) is 9.48. The zero-order chi connectivity index (χ0) is 14.2. The van der Waals surface area contributed by atoms with Gasteiger partial charge in [-0.25, -0.2) is 4.98 Å². The highest BCUT2D eigenvalue weighted by Crippen LogP contribution is 2.27. The molecule has 4 heteroatoms. The van der Waals surface area contributed by atoms with Crippen molar-refractivity contribution in [2.24, 2.45) is 5.41 Å². The lowest BCUT2D eigenvalue weighted by Gasteiger charge is -2.24. The molecule has 0 unspecified atom stereocenters. The van der Waals surface area contributed by atoms with Gasteiger partial charge in [0.15, 0.2) is 0 Å². The zero-order valence-electron chi connectivity index (χ0n) is 12.1. The summed E-state index contributed by atoms with van der Waals surface area (Å²) in [6, 6.07) is 5.82. The van der Waals surface area contributed by atoms with Crippen molar-refractivity contribution >= 4 is 16.7 Å². The number of hydrogen-bond acceptors (Lipinski definition) is 3. The molecule has 0 aliphatic carbocycles. The zero-order valence-corrected chi connectivity index (χ0v) is 12.1. The molecule has 2 rings (SSSR count). The van der Waals surface area contributed by atoms with E-state index in [9.17, 15) is 5.11 Å². The monoisotopic (exact) mass is 261 g/mol. The smallest absolute Gasteiger partial charge is 0.112 e. The maximum Gasteiger partial charge on any atom is 0.112 e. The summed E-state index contributed by atoms with van der Waals surface area (Å²) in [5.41, 5.74) is 8.40. The fourth-order valence-electron chi connectivity index (χ4n) is 2.25. The molecule has 0 bridgehead atoms. The molecule has 0 aliphatic rings. The van der Waals surface area contributed by atoms with Crippen molar-refractivity contribution < 1.29 is 5.11 Å². The van der Waals surface area contributed by atoms with Gasteiger partial charge in [-0.3, -0.25) is 0 Å². The van der Waals surface area contributed by atoms with Crippen LogP contribution in [0, 0.1) is 5.41 Å². The average Bonchev–Trinajstić information content (AvgIpc) is 2.67. The summed E-state index contributed by atoms with van der Waals surface area (Å²) < 4.78 is 2.20. The van der Waals surface area contributed by atoms with Crippen LogP contribution in [0.5, 0.6) is 0 Å². The van der Waals surface area contributed by atoms with Gasteiger partial charge in [-0.2, -0.15) is 0 Å². The van der Waals surface area contributed by atoms with Crippen LogP contribution in [0.1, 0.15) is 39.4 Å². The first-order chi connectivity index (χ1) is 8.84. The number of imidazole rings is 1. The molecule has 1 heterocycles. The lowest BCUT2D eigenvalue weighted by Crippen LogP contribution is -2.25. The average molecular weight is 261 g/mol. The molecular weight excluding hydrogens is 238 g/mol. The van der Waals surface area contributed by atoms with E-state index in [4.69, 9.17) is 10.7 Å². The summed E-state index contributed by atoms with van der Waals surface area (Å²) in [6.07, 6.45) is 0. The Hall–Kier alpha value is -1.55. The van der Waals surface area contributed by atoms with Crippen molar-refractivity contribution in [3.8, 4) is 0 Å². The van der Waals surface area contributed by atoms with E-state index in [0.29, 0.717) is 5.92 Å². The Morgan fingerprint density at radius 2 is 2.05 bits per heavy atom. The van der Waals surface area contributed by atoms with Gasteiger partial charge in [0, 0.05) is 30.2 Å². The molecular formula is C15H23N3O. The Balaban J connectivity index is 2.59. The van der Waals surface area contributed by atoms with E-state index in [2.05, 4.69) is 32.3 Å². The quantitative estimate of drug-likeness (QED) is 0.832. The number of anilines is 1. The van der Waals surface area contributed by atoms with Gasteiger partial charge >= 0.3 is 0 Å². The largest absolute Gasteiger partial charge is 0.399 e. The second-order valence-corrected chi connectivity index (χ2v) is 6.28. The van der Waals surface area contributed by atoms with Gasteiger partial charge in [0.05, 0.1) is 11.0 Å². The highest BCUT2D eigenvalue weighted by molar-refractivity contribution is 5.79. The maximum atomic E-state index is 9.48. The summed E-state index contributed by atoms with van der Waals surface area (Å²) in [6.45, 7) is 9.27. The SMILES string of the molecule is CC(C)c1nc2cc(N)ccc2n1CC(C)(C)CO. The van der Waals surface area contributed by atoms with Gasteiger partial charge in [0.2, 0.25) is 0 Å². The number of nitrogens with two attached hydrogens (primary N) is 1. The molecule has 0 spiro atoms. The second-order valence-electron chi connectivity index (χ2n) is 6.28. The lowest BCUT2D eigenvalue weighted by molar-refractivity contribution is 0.141. The maximum absolute atomic E-state index is 9.48. The van der Waals surface area contributed by atoms with Crippen LogP contribution in [0.2, 0.25) is 0 Å². The first-order valence-corrected chi connectivity index (χ1v) is 6.70. The third-order valence-corrected chi connectivity index (χ3v) is 3.33. The minimum atomic E-state index is -0.168. The van der Waals surface area contributed by atoms with Crippen LogP contribution >= 0.6 is 0 Å². The predicted molar refractivity (Wildman–Crippen MR) is 79.1 cm³/mol. The summed E-state index contributed by atoms with van der Waals surface area (Å²) >= 11 is 0. The van der Waals surface area contributed by atoms with Crippen molar-refractivity contribution in [3.63, 3.8) is 0 Å². The van der Waals surface area contributed by atoms with Crippen molar-refractivity contribution in [3.05, 3.63) is 24.0 Å². The third-order valence-electron chi connectivity index (χ3n) is 3.33. The van der Waals surface area contributed by atoms with E-state index in [1.807, 2.05) is 18.2 Å². The molecule has 0 fully saturated rings. The molecule has 0 amide bonds. The number of benzene rings is 1. The minimum absolute atomic E-state index is 0.152. The normalized spacial score (nSPS) is 12.5. The van der Waals surface area contributed by atoms with Gasteiger partial charge < -0.3 is 15.4 Å². The van der Waals surface area contributed by atoms with Crippen LogP contribution in [0.4, 0.5) is 5.69 Å². The van der Waals surface area contributed by atoms with E-state index >= 15 is 0 Å². The van der Waals surface area contributed by atoms with E-state index in [0.717, 1.165) is 29.1 Å². The number of rotatable bonds is 4. The number of aliphatic hydroxyl groups excluding tert-OH is 1. The highest BCUT2D eigenvalue weighted by atomic mass is 16.3. The number of nitrogen functional groups attached to an aromatic ring is 1. The van der Waals surface area contributed by atoms with Crippen LogP contribution in [-0.4, -0.2) is 21.3 Å². The number of nitrogens with zero attached hydrogens (tertiary/aromatic N) is 2. The first-order valence-electron chi connectivity index (χ1n) is 6.70. The molecule has 1 aromatic carbocycles. The molecule has 104 valence electrons. The van der Waals surface area contributed by atoms with Crippen LogP contribution in [-0.2, 0) is 6.54 Å². The predicted octanol–water partition coefficient (Wildman–Crippen LogP) is 2.76. The standard InChI is InChI=1S/C15H23N3O/c1-10(2)14-17-12-7-11(16)5-6-13(12)18(14)8-15(3,4)9-19/h5-7,10,19H,8-9,16H2,1-4H3. The first kappa shape index (κ1) is 13.9. The van der Waals surface area contributed by atoms with Crippen molar-refractivity contribution in [2.75, 3.05) is 12.3 Å². The van der Waals surface area contributed by atoms with Gasteiger partial charge in [-0.1, -0.05) is 27.7 Å². The number of aromatic nitrogens is 2. The molecule has 2 aromatic rings. The molecule has 1 aromatic heterocycles. The summed E-state index contributed by atoms with van der Waals surface area (Å²) in [7, 11) is 0. The minimum Gasteiger partial charge on any atom is -0.399 e. The Morgan fingerprint density at radius 3 is 2.63 bits per heavy atom. The fourth-order valence-corrected chi connectivity index (χ4v) is 2.25. The Bertz CT molecular complexity index is 584. The third kappa shape index (κ3) is 2.73. The second kappa shape index (κ2) is 4.85. The lowest BCUT2D eigenvalue weighted by atomic mass is 9.94. The van der Waals surface area contributed by atoms with Gasteiger partial charge in [-0.15, -0.1) is 0 Å². The molecule has 3 N–H and O–H groups in total. The van der Waals surface area contributed by atoms with Crippen molar-refractivity contribution in [1.82, 2.24) is 9.55 Å². The highest BCUT2D eigenvalue weighted by Gasteiger charge is 2.22. The number of aliphatic hydroxyl groups is 1. The summed E-state index contributed by atoms with van der Waals surface area (Å²) in [4.78, 5) is 4.69. The topological polar surface area (TPSA) is 64.1 Å². The van der Waals surface area contributed by atoms with Gasteiger partial charge in [-0.05, 0) is 18.2 Å². The number of hydrogen-bond donors (Lipinski definition) is 2. The Morgan fingerprint density at radius 1 is 1.37 bits per heavy atom. The number of fused-ring (bicyclic) bond motifs is 1. The Labute approximate surface area is 114 Å². The molecule has 0 radical (unpaired) electrons. The van der Waals surface area contributed by atoms with Gasteiger partial charge in [0.1, 0.15) is 5.82 Å². The fraction of sp³-hybridized carbons (Fsp3) is 0.533. The van der Waals surface area contributed by atoms with Crippen LogP contribution < -0.4 is 5.73 Å². The van der Waals surface area contributed by atoms with E-state index in [-0.39, 0.29) is 12.0 Å². The molecule has 0 saturated heterocycles. The van der Waals surface area contributed by atoms with Crippen LogP contribution in [0.15, 0.2) is 18.2 Å². The van der Waals surface area contributed by atoms with E-state index in [1.165, 1.54) is 0 Å². The van der Waals surface area contributed by atoms with Crippen LogP contribution in [0.3, 0.4) is 0 Å². The summed E-state index contributed by atoms with van der Waals surface area (Å²) in [5.74, 6) is 1.38. The van der Waals surface area contributed by atoms with E-state index in [1.54, 1.807) is 0 Å².